The van der Waals surface area contributed by atoms with Gasteiger partial charge in [-0.3, -0.25) is 19.3 Å². The number of piperazine rings is 1. The highest BCUT2D eigenvalue weighted by Crippen LogP contribution is 2.10. The number of carbonyl (C=O) groups is 2. The first-order valence-electron chi connectivity index (χ1n) is 9.94. The summed E-state index contributed by atoms with van der Waals surface area (Å²) in [6.45, 7) is 5.96. The number of aromatic amines is 1. The standard InChI is InChI=1S/C21H26FN5O3/c1-14-18(21(30)24-15(2)23-14)7-8-20(29)27-11-9-26(10-12-27)13-19(28)25-17-5-3-16(22)4-6-17/h3-6H,7-13H2,1-2H3,(H,25,28)(H,23,24,30). The Morgan fingerprint density at radius 3 is 2.43 bits per heavy atom. The third kappa shape index (κ3) is 5.73. The largest absolute Gasteiger partial charge is 0.340 e. The summed E-state index contributed by atoms with van der Waals surface area (Å²) in [5, 5.41) is 2.74. The number of aromatic nitrogens is 2. The highest BCUT2D eigenvalue weighted by Gasteiger charge is 2.22. The number of hydrogen-bond acceptors (Lipinski definition) is 5. The van der Waals surface area contributed by atoms with Gasteiger partial charge >= 0.3 is 0 Å². The molecule has 3 rings (SSSR count). The zero-order chi connectivity index (χ0) is 21.7. The Morgan fingerprint density at radius 2 is 1.80 bits per heavy atom. The average Bonchev–Trinajstić information content (AvgIpc) is 2.69. The molecule has 0 aliphatic carbocycles. The predicted molar refractivity (Wildman–Crippen MR) is 111 cm³/mol. The van der Waals surface area contributed by atoms with E-state index < -0.39 is 0 Å². The number of halogens is 1. The summed E-state index contributed by atoms with van der Waals surface area (Å²) < 4.78 is 12.9. The molecule has 1 saturated heterocycles. The van der Waals surface area contributed by atoms with Crippen molar-refractivity contribution in [2.24, 2.45) is 0 Å². The summed E-state index contributed by atoms with van der Waals surface area (Å²) in [4.78, 5) is 47.4. The molecule has 2 amide bonds. The number of H-pyrrole nitrogens is 1. The van der Waals surface area contributed by atoms with E-state index in [1.54, 1.807) is 18.7 Å². The summed E-state index contributed by atoms with van der Waals surface area (Å²) in [5.41, 5.74) is 1.56. The molecule has 9 heteroatoms. The van der Waals surface area contributed by atoms with Gasteiger partial charge in [0.1, 0.15) is 11.6 Å². The lowest BCUT2D eigenvalue weighted by Crippen LogP contribution is -2.50. The molecule has 1 aromatic carbocycles. The van der Waals surface area contributed by atoms with E-state index in [2.05, 4.69) is 15.3 Å². The first-order chi connectivity index (χ1) is 14.3. The third-order valence-corrected chi connectivity index (χ3v) is 5.15. The quantitative estimate of drug-likeness (QED) is 0.740. The van der Waals surface area contributed by atoms with Crippen LogP contribution in [0.25, 0.3) is 0 Å². The zero-order valence-electron chi connectivity index (χ0n) is 17.2. The molecule has 160 valence electrons. The van der Waals surface area contributed by atoms with Crippen molar-refractivity contribution < 1.29 is 14.0 Å². The van der Waals surface area contributed by atoms with Crippen molar-refractivity contribution in [2.75, 3.05) is 38.0 Å². The second-order valence-corrected chi connectivity index (χ2v) is 7.43. The Hall–Kier alpha value is -3.07. The van der Waals surface area contributed by atoms with Gasteiger partial charge in [-0.15, -0.1) is 0 Å². The Morgan fingerprint density at radius 1 is 1.13 bits per heavy atom. The van der Waals surface area contributed by atoms with Crippen LogP contribution in [0.15, 0.2) is 29.1 Å². The van der Waals surface area contributed by atoms with Crippen LogP contribution in [-0.4, -0.2) is 64.3 Å². The molecule has 0 radical (unpaired) electrons. The van der Waals surface area contributed by atoms with Crippen LogP contribution < -0.4 is 10.9 Å². The second-order valence-electron chi connectivity index (χ2n) is 7.43. The van der Waals surface area contributed by atoms with Crippen LogP contribution in [0.1, 0.15) is 23.5 Å². The molecule has 2 N–H and O–H groups in total. The summed E-state index contributed by atoms with van der Waals surface area (Å²) in [5.74, 6) is 0.0205. The van der Waals surface area contributed by atoms with Crippen molar-refractivity contribution in [3.05, 3.63) is 57.5 Å². The smallest absolute Gasteiger partial charge is 0.254 e. The van der Waals surface area contributed by atoms with E-state index >= 15 is 0 Å². The lowest BCUT2D eigenvalue weighted by molar-refractivity contribution is -0.133. The number of nitrogens with zero attached hydrogens (tertiary/aromatic N) is 3. The number of carbonyl (C=O) groups excluding carboxylic acids is 2. The van der Waals surface area contributed by atoms with Gasteiger partial charge in [0.2, 0.25) is 11.8 Å². The van der Waals surface area contributed by atoms with E-state index in [0.29, 0.717) is 55.4 Å². The molecule has 1 fully saturated rings. The first kappa shape index (κ1) is 21.6. The Kier molecular flexibility index (Phi) is 6.94. The summed E-state index contributed by atoms with van der Waals surface area (Å²) in [7, 11) is 0. The van der Waals surface area contributed by atoms with Gasteiger partial charge in [0, 0.05) is 49.5 Å². The first-order valence-corrected chi connectivity index (χ1v) is 9.94. The molecule has 1 aliphatic heterocycles. The van der Waals surface area contributed by atoms with Crippen LogP contribution in [0, 0.1) is 19.7 Å². The molecule has 2 heterocycles. The highest BCUT2D eigenvalue weighted by atomic mass is 19.1. The molecule has 30 heavy (non-hydrogen) atoms. The predicted octanol–water partition coefficient (Wildman–Crippen LogP) is 1.24. The number of benzene rings is 1. The molecular formula is C21H26FN5O3. The van der Waals surface area contributed by atoms with Crippen molar-refractivity contribution >= 4 is 17.5 Å². The number of nitrogens with one attached hydrogen (secondary N) is 2. The maximum absolute atomic E-state index is 12.9. The normalized spacial score (nSPS) is 14.6. The second kappa shape index (κ2) is 9.62. The summed E-state index contributed by atoms with van der Waals surface area (Å²) in [6.07, 6.45) is 0.604. The third-order valence-electron chi connectivity index (χ3n) is 5.15. The minimum atomic E-state index is -0.354. The number of rotatable bonds is 6. The van der Waals surface area contributed by atoms with Gasteiger partial charge in [-0.05, 0) is 44.5 Å². The van der Waals surface area contributed by atoms with Gasteiger partial charge in [0.05, 0.1) is 6.54 Å². The van der Waals surface area contributed by atoms with E-state index in [-0.39, 0.29) is 36.2 Å². The zero-order valence-corrected chi connectivity index (χ0v) is 17.2. The van der Waals surface area contributed by atoms with E-state index in [9.17, 15) is 18.8 Å². The van der Waals surface area contributed by atoms with Gasteiger partial charge in [-0.25, -0.2) is 9.37 Å². The SMILES string of the molecule is Cc1nc(C)c(CCC(=O)N2CCN(CC(=O)Nc3ccc(F)cc3)CC2)c(=O)[nH]1. The van der Waals surface area contributed by atoms with E-state index in [0.717, 1.165) is 0 Å². The molecule has 8 nitrogen and oxygen atoms in total. The van der Waals surface area contributed by atoms with Crippen molar-refractivity contribution in [3.63, 3.8) is 0 Å². The molecule has 2 aromatic rings. The fourth-order valence-electron chi connectivity index (χ4n) is 3.53. The molecule has 0 spiro atoms. The van der Waals surface area contributed by atoms with Gasteiger partial charge in [-0.2, -0.15) is 0 Å². The minimum Gasteiger partial charge on any atom is -0.340 e. The van der Waals surface area contributed by atoms with Crippen molar-refractivity contribution in [1.29, 1.82) is 0 Å². The lowest BCUT2D eigenvalue weighted by Gasteiger charge is -2.34. The van der Waals surface area contributed by atoms with Crippen LogP contribution >= 0.6 is 0 Å². The van der Waals surface area contributed by atoms with Crippen LogP contribution in [0.2, 0.25) is 0 Å². The molecule has 0 unspecified atom stereocenters. The Bertz CT molecular complexity index is 966. The lowest BCUT2D eigenvalue weighted by atomic mass is 10.1. The summed E-state index contributed by atoms with van der Waals surface area (Å²) in [6, 6.07) is 5.62. The van der Waals surface area contributed by atoms with Gasteiger partial charge in [0.15, 0.2) is 0 Å². The maximum atomic E-state index is 12.9. The molecule has 1 aliphatic rings. The van der Waals surface area contributed by atoms with Crippen LogP contribution in [0.4, 0.5) is 10.1 Å². The molecular weight excluding hydrogens is 389 g/mol. The molecule has 0 bridgehead atoms. The number of anilines is 1. The van der Waals surface area contributed by atoms with Gasteiger partial charge in [-0.1, -0.05) is 0 Å². The molecule has 0 saturated carbocycles. The van der Waals surface area contributed by atoms with Crippen molar-refractivity contribution in [2.45, 2.75) is 26.7 Å². The van der Waals surface area contributed by atoms with Crippen LogP contribution in [0.3, 0.4) is 0 Å². The Balaban J connectivity index is 1.43. The number of aryl methyl sites for hydroxylation is 2. The van der Waals surface area contributed by atoms with Gasteiger partial charge < -0.3 is 15.2 Å². The van der Waals surface area contributed by atoms with E-state index in [4.69, 9.17) is 0 Å². The maximum Gasteiger partial charge on any atom is 0.254 e. The highest BCUT2D eigenvalue weighted by molar-refractivity contribution is 5.92. The minimum absolute atomic E-state index is 0.00945. The number of amides is 2. The van der Waals surface area contributed by atoms with E-state index in [1.165, 1.54) is 24.3 Å². The fourth-order valence-corrected chi connectivity index (χ4v) is 3.53. The van der Waals surface area contributed by atoms with Crippen molar-refractivity contribution in [1.82, 2.24) is 19.8 Å². The van der Waals surface area contributed by atoms with Gasteiger partial charge in [0.25, 0.3) is 5.56 Å². The molecule has 0 atom stereocenters. The van der Waals surface area contributed by atoms with Crippen molar-refractivity contribution in [3.8, 4) is 0 Å². The van der Waals surface area contributed by atoms with Crippen LogP contribution in [0.5, 0.6) is 0 Å². The topological polar surface area (TPSA) is 98.4 Å². The molecule has 1 aromatic heterocycles. The monoisotopic (exact) mass is 415 g/mol. The average molecular weight is 415 g/mol. The van der Waals surface area contributed by atoms with E-state index in [1.807, 2.05) is 4.90 Å². The van der Waals surface area contributed by atoms with Crippen LogP contribution in [-0.2, 0) is 16.0 Å². The Labute approximate surface area is 174 Å². The fraction of sp³-hybridized carbons (Fsp3) is 0.429. The summed E-state index contributed by atoms with van der Waals surface area (Å²) >= 11 is 0. The number of hydrogen-bond donors (Lipinski definition) is 2.